The molecule has 26 heavy (non-hydrogen) atoms. The Balaban J connectivity index is 1.80. The van der Waals surface area contributed by atoms with Gasteiger partial charge in [0.25, 0.3) is 0 Å². The molecule has 0 amide bonds. The first-order valence-electron chi connectivity index (χ1n) is 8.49. The number of halogens is 2. The van der Waals surface area contributed by atoms with Gasteiger partial charge < -0.3 is 10.1 Å². The fourth-order valence-corrected chi connectivity index (χ4v) is 3.36. The predicted molar refractivity (Wildman–Crippen MR) is 110 cm³/mol. The highest BCUT2D eigenvalue weighted by Crippen LogP contribution is 2.34. The minimum Gasteiger partial charge on any atom is -0.487 e. The van der Waals surface area contributed by atoms with Crippen molar-refractivity contribution in [2.45, 2.75) is 27.0 Å². The molecule has 0 aliphatic rings. The average molecular weight is 386 g/mol. The van der Waals surface area contributed by atoms with Crippen LogP contribution in [-0.2, 0) is 13.2 Å². The molecule has 0 spiro atoms. The molecule has 1 N–H and O–H groups in total. The third-order valence-corrected chi connectivity index (χ3v) is 4.88. The summed E-state index contributed by atoms with van der Waals surface area (Å²) in [4.78, 5) is 0. The Morgan fingerprint density at radius 3 is 2.46 bits per heavy atom. The maximum atomic E-state index is 6.40. The lowest BCUT2D eigenvalue weighted by molar-refractivity contribution is 0.303. The molecule has 3 aromatic rings. The number of anilines is 1. The number of benzene rings is 3. The molecule has 0 atom stereocenters. The molecule has 0 radical (unpaired) electrons. The molecule has 4 heteroatoms. The van der Waals surface area contributed by atoms with Crippen LogP contribution in [0.3, 0.4) is 0 Å². The SMILES string of the molecule is Cc1cccc(NCc2cc(Cl)cc(Cl)c2OCc2ccccc2)c1C. The van der Waals surface area contributed by atoms with Gasteiger partial charge in [-0.15, -0.1) is 0 Å². The Morgan fingerprint density at radius 2 is 1.69 bits per heavy atom. The molecule has 2 nitrogen and oxygen atoms in total. The molecule has 3 rings (SSSR count). The van der Waals surface area contributed by atoms with Crippen molar-refractivity contribution in [1.29, 1.82) is 0 Å². The van der Waals surface area contributed by atoms with Crippen LogP contribution in [0, 0.1) is 13.8 Å². The van der Waals surface area contributed by atoms with Gasteiger partial charge in [0.15, 0.2) is 0 Å². The van der Waals surface area contributed by atoms with E-state index in [1.54, 1.807) is 6.07 Å². The smallest absolute Gasteiger partial charge is 0.143 e. The Morgan fingerprint density at radius 1 is 0.923 bits per heavy atom. The van der Waals surface area contributed by atoms with E-state index in [0.29, 0.717) is 28.9 Å². The van der Waals surface area contributed by atoms with Gasteiger partial charge in [-0.1, -0.05) is 65.7 Å². The van der Waals surface area contributed by atoms with Crippen LogP contribution < -0.4 is 10.1 Å². The highest BCUT2D eigenvalue weighted by molar-refractivity contribution is 6.35. The maximum Gasteiger partial charge on any atom is 0.143 e. The molecule has 0 aliphatic carbocycles. The van der Waals surface area contributed by atoms with Gasteiger partial charge in [0.05, 0.1) is 5.02 Å². The van der Waals surface area contributed by atoms with E-state index >= 15 is 0 Å². The van der Waals surface area contributed by atoms with Crippen LogP contribution in [0.5, 0.6) is 5.75 Å². The molecule has 134 valence electrons. The lowest BCUT2D eigenvalue weighted by Gasteiger charge is -2.16. The van der Waals surface area contributed by atoms with E-state index in [1.807, 2.05) is 42.5 Å². The van der Waals surface area contributed by atoms with Crippen LogP contribution in [0.25, 0.3) is 0 Å². The van der Waals surface area contributed by atoms with Gasteiger partial charge in [-0.2, -0.15) is 0 Å². The third-order valence-electron chi connectivity index (χ3n) is 4.39. The lowest BCUT2D eigenvalue weighted by Crippen LogP contribution is -2.05. The number of nitrogens with one attached hydrogen (secondary N) is 1. The monoisotopic (exact) mass is 385 g/mol. The molecule has 0 fully saturated rings. The van der Waals surface area contributed by atoms with E-state index in [-0.39, 0.29) is 0 Å². The molecule has 0 bridgehead atoms. The summed E-state index contributed by atoms with van der Waals surface area (Å²) in [5.74, 6) is 0.665. The van der Waals surface area contributed by atoms with E-state index < -0.39 is 0 Å². The number of ether oxygens (including phenoxy) is 1. The Bertz CT molecular complexity index is 894. The van der Waals surface area contributed by atoms with Crippen molar-refractivity contribution in [1.82, 2.24) is 0 Å². The van der Waals surface area contributed by atoms with Crippen LogP contribution in [0.1, 0.15) is 22.3 Å². The standard InChI is InChI=1S/C22H21Cl2NO/c1-15-7-6-10-21(16(15)2)25-13-18-11-19(23)12-20(24)22(18)26-14-17-8-4-3-5-9-17/h3-12,25H,13-14H2,1-2H3. The first-order chi connectivity index (χ1) is 12.5. The van der Waals surface area contributed by atoms with Gasteiger partial charge in [-0.25, -0.2) is 0 Å². The second-order valence-corrected chi connectivity index (χ2v) is 7.09. The Kier molecular flexibility index (Phi) is 6.08. The van der Waals surface area contributed by atoms with Gasteiger partial charge >= 0.3 is 0 Å². The van der Waals surface area contributed by atoms with E-state index in [0.717, 1.165) is 16.8 Å². The second-order valence-electron chi connectivity index (χ2n) is 6.25. The van der Waals surface area contributed by atoms with Crippen molar-refractivity contribution in [3.63, 3.8) is 0 Å². The van der Waals surface area contributed by atoms with E-state index in [9.17, 15) is 0 Å². The van der Waals surface area contributed by atoms with Gasteiger partial charge in [-0.3, -0.25) is 0 Å². The minimum atomic E-state index is 0.457. The normalized spacial score (nSPS) is 10.6. The molecular weight excluding hydrogens is 365 g/mol. The van der Waals surface area contributed by atoms with E-state index in [1.165, 1.54) is 11.1 Å². The predicted octanol–water partition coefficient (Wildman–Crippen LogP) is 6.80. The molecule has 0 unspecified atom stereocenters. The number of rotatable bonds is 6. The Hall–Kier alpha value is -2.16. The maximum absolute atomic E-state index is 6.40. The fraction of sp³-hybridized carbons (Fsp3) is 0.182. The van der Waals surface area contributed by atoms with Gasteiger partial charge in [0.2, 0.25) is 0 Å². The number of hydrogen-bond acceptors (Lipinski definition) is 2. The van der Waals surface area contributed by atoms with Crippen molar-refractivity contribution in [2.75, 3.05) is 5.32 Å². The summed E-state index contributed by atoms with van der Waals surface area (Å²) in [6.07, 6.45) is 0. The van der Waals surface area contributed by atoms with Gasteiger partial charge in [-0.05, 0) is 48.7 Å². The van der Waals surface area contributed by atoms with Crippen LogP contribution >= 0.6 is 23.2 Å². The van der Waals surface area contributed by atoms with Gasteiger partial charge in [0.1, 0.15) is 12.4 Å². The van der Waals surface area contributed by atoms with E-state index in [2.05, 4.69) is 31.3 Å². The summed E-state index contributed by atoms with van der Waals surface area (Å²) >= 11 is 12.6. The first kappa shape index (κ1) is 18.6. The lowest BCUT2D eigenvalue weighted by atomic mass is 10.1. The van der Waals surface area contributed by atoms with Gasteiger partial charge in [0, 0.05) is 22.8 Å². The summed E-state index contributed by atoms with van der Waals surface area (Å²) in [6.45, 7) is 5.24. The summed E-state index contributed by atoms with van der Waals surface area (Å²) in [5, 5.41) is 4.58. The molecule has 0 aliphatic heterocycles. The number of hydrogen-bond donors (Lipinski definition) is 1. The zero-order valence-corrected chi connectivity index (χ0v) is 16.4. The van der Waals surface area contributed by atoms with Crippen LogP contribution in [0.2, 0.25) is 10.0 Å². The largest absolute Gasteiger partial charge is 0.487 e. The molecule has 0 saturated heterocycles. The third kappa shape index (κ3) is 4.51. The van der Waals surface area contributed by atoms with Crippen molar-refractivity contribution < 1.29 is 4.74 Å². The van der Waals surface area contributed by atoms with Crippen LogP contribution in [0.15, 0.2) is 60.7 Å². The second kappa shape index (κ2) is 8.48. The van der Waals surface area contributed by atoms with Crippen molar-refractivity contribution >= 4 is 28.9 Å². The van der Waals surface area contributed by atoms with Crippen LogP contribution in [0.4, 0.5) is 5.69 Å². The first-order valence-corrected chi connectivity index (χ1v) is 9.25. The molecule has 0 saturated carbocycles. The topological polar surface area (TPSA) is 21.3 Å². The zero-order chi connectivity index (χ0) is 18.5. The highest BCUT2D eigenvalue weighted by Gasteiger charge is 2.12. The van der Waals surface area contributed by atoms with Crippen LogP contribution in [-0.4, -0.2) is 0 Å². The molecule has 0 aromatic heterocycles. The molecule has 3 aromatic carbocycles. The summed E-state index contributed by atoms with van der Waals surface area (Å²) in [7, 11) is 0. The fourth-order valence-electron chi connectivity index (χ4n) is 2.77. The number of aryl methyl sites for hydroxylation is 1. The highest BCUT2D eigenvalue weighted by atomic mass is 35.5. The minimum absolute atomic E-state index is 0.457. The summed E-state index contributed by atoms with van der Waals surface area (Å²) in [5.41, 5.74) is 5.59. The molecule has 0 heterocycles. The van der Waals surface area contributed by atoms with E-state index in [4.69, 9.17) is 27.9 Å². The summed E-state index contributed by atoms with van der Waals surface area (Å²) < 4.78 is 6.02. The van der Waals surface area contributed by atoms with Crippen molar-refractivity contribution in [3.8, 4) is 5.75 Å². The molecular formula is C22H21Cl2NO. The zero-order valence-electron chi connectivity index (χ0n) is 14.9. The van der Waals surface area contributed by atoms with Crippen molar-refractivity contribution in [2.24, 2.45) is 0 Å². The van der Waals surface area contributed by atoms with Crippen molar-refractivity contribution in [3.05, 3.63) is 93.0 Å². The summed E-state index contributed by atoms with van der Waals surface area (Å²) in [6, 6.07) is 19.8. The Labute approximate surface area is 164 Å². The quantitative estimate of drug-likeness (QED) is 0.503. The average Bonchev–Trinajstić information content (AvgIpc) is 2.63.